The van der Waals surface area contributed by atoms with E-state index >= 15 is 0 Å². The lowest BCUT2D eigenvalue weighted by atomic mass is 10.2. The van der Waals surface area contributed by atoms with E-state index in [1.165, 1.54) is 11.3 Å². The SMILES string of the molecule is N#CCNC(=O)C(CS(=O)(=O)Cc1ccccc1)NC(=O)c1ccsc1. The van der Waals surface area contributed by atoms with Crippen molar-refractivity contribution in [3.05, 3.63) is 58.3 Å². The van der Waals surface area contributed by atoms with Gasteiger partial charge in [0.2, 0.25) is 5.91 Å². The molecule has 9 heteroatoms. The van der Waals surface area contributed by atoms with Crippen molar-refractivity contribution in [2.75, 3.05) is 12.3 Å². The van der Waals surface area contributed by atoms with Crippen molar-refractivity contribution >= 4 is 33.0 Å². The predicted molar refractivity (Wildman–Crippen MR) is 98.1 cm³/mol. The van der Waals surface area contributed by atoms with Crippen LogP contribution in [-0.2, 0) is 20.4 Å². The molecule has 0 aliphatic carbocycles. The van der Waals surface area contributed by atoms with Gasteiger partial charge in [-0.2, -0.15) is 16.6 Å². The largest absolute Gasteiger partial charge is 0.341 e. The molecule has 0 aliphatic rings. The Morgan fingerprint density at radius 3 is 2.54 bits per heavy atom. The molecule has 1 atom stereocenters. The third kappa shape index (κ3) is 5.98. The Kier molecular flexibility index (Phi) is 6.89. The number of nitrogens with one attached hydrogen (secondary N) is 2. The molecule has 0 saturated heterocycles. The summed E-state index contributed by atoms with van der Waals surface area (Å²) in [6.45, 7) is -0.275. The maximum absolute atomic E-state index is 12.5. The quantitative estimate of drug-likeness (QED) is 0.654. The first kappa shape index (κ1) is 19.6. The minimum Gasteiger partial charge on any atom is -0.341 e. The monoisotopic (exact) mass is 391 g/mol. The molecular weight excluding hydrogens is 374 g/mol. The molecule has 0 fully saturated rings. The number of nitrogens with zero attached hydrogens (tertiary/aromatic N) is 1. The molecule has 1 unspecified atom stereocenters. The first-order valence-corrected chi connectivity index (χ1v) is 10.4. The minimum atomic E-state index is -3.67. The van der Waals surface area contributed by atoms with Crippen LogP contribution in [0, 0.1) is 11.3 Å². The van der Waals surface area contributed by atoms with Gasteiger partial charge in [0.25, 0.3) is 5.91 Å². The molecule has 1 heterocycles. The Bertz CT molecular complexity index is 888. The average molecular weight is 391 g/mol. The van der Waals surface area contributed by atoms with Gasteiger partial charge in [-0.1, -0.05) is 30.3 Å². The number of benzene rings is 1. The zero-order valence-electron chi connectivity index (χ0n) is 13.7. The Morgan fingerprint density at radius 2 is 1.92 bits per heavy atom. The number of amides is 2. The van der Waals surface area contributed by atoms with Crippen LogP contribution in [0.2, 0.25) is 0 Å². The van der Waals surface area contributed by atoms with Crippen LogP contribution in [0.25, 0.3) is 0 Å². The standard InChI is InChI=1S/C17H17N3O4S2/c18-7-8-19-17(22)15(20-16(21)14-6-9-25-10-14)12-26(23,24)11-13-4-2-1-3-5-13/h1-6,9-10,15H,8,11-12H2,(H,19,22)(H,20,21). The van der Waals surface area contributed by atoms with E-state index in [1.807, 2.05) is 0 Å². The van der Waals surface area contributed by atoms with Gasteiger partial charge in [-0.25, -0.2) is 8.42 Å². The molecule has 1 aromatic carbocycles. The lowest BCUT2D eigenvalue weighted by molar-refractivity contribution is -0.122. The number of sulfone groups is 1. The van der Waals surface area contributed by atoms with Crippen molar-refractivity contribution in [1.82, 2.24) is 10.6 Å². The van der Waals surface area contributed by atoms with Crippen molar-refractivity contribution in [2.45, 2.75) is 11.8 Å². The summed E-state index contributed by atoms with van der Waals surface area (Å²) in [4.78, 5) is 24.4. The molecule has 0 bridgehead atoms. The number of hydrogen-bond acceptors (Lipinski definition) is 6. The zero-order valence-corrected chi connectivity index (χ0v) is 15.3. The van der Waals surface area contributed by atoms with Crippen LogP contribution < -0.4 is 10.6 Å². The Hall–Kier alpha value is -2.70. The first-order chi connectivity index (χ1) is 12.4. The Labute approximate surface area is 155 Å². The number of thiophene rings is 1. The van der Waals surface area contributed by atoms with Gasteiger partial charge >= 0.3 is 0 Å². The van der Waals surface area contributed by atoms with Crippen LogP contribution in [0.15, 0.2) is 47.2 Å². The van der Waals surface area contributed by atoms with Gasteiger partial charge in [0.1, 0.15) is 12.6 Å². The number of carbonyl (C=O) groups is 2. The summed E-state index contributed by atoms with van der Waals surface area (Å²) >= 11 is 1.31. The van der Waals surface area contributed by atoms with Crippen molar-refractivity contribution in [3.8, 4) is 6.07 Å². The highest BCUT2D eigenvalue weighted by Crippen LogP contribution is 2.09. The summed E-state index contributed by atoms with van der Waals surface area (Å²) in [6, 6.07) is 10.6. The van der Waals surface area contributed by atoms with Gasteiger partial charge in [0.05, 0.1) is 23.1 Å². The normalized spacial score (nSPS) is 12.0. The molecule has 0 aliphatic heterocycles. The van der Waals surface area contributed by atoms with Gasteiger partial charge in [0, 0.05) is 5.38 Å². The molecule has 2 rings (SSSR count). The van der Waals surface area contributed by atoms with E-state index in [4.69, 9.17) is 5.26 Å². The molecule has 0 saturated carbocycles. The summed E-state index contributed by atoms with van der Waals surface area (Å²) in [5.74, 6) is -2.07. The molecule has 136 valence electrons. The fourth-order valence-electron chi connectivity index (χ4n) is 2.21. The van der Waals surface area contributed by atoms with Crippen LogP contribution >= 0.6 is 11.3 Å². The minimum absolute atomic E-state index is 0.246. The van der Waals surface area contributed by atoms with E-state index < -0.39 is 33.4 Å². The van der Waals surface area contributed by atoms with Crippen LogP contribution in [0.1, 0.15) is 15.9 Å². The van der Waals surface area contributed by atoms with Gasteiger partial charge in [-0.3, -0.25) is 9.59 Å². The van der Waals surface area contributed by atoms with E-state index in [-0.39, 0.29) is 12.3 Å². The second-order valence-corrected chi connectivity index (χ2v) is 8.34. The number of nitriles is 1. The summed E-state index contributed by atoms with van der Waals surface area (Å²) in [5.41, 5.74) is 0.932. The Morgan fingerprint density at radius 1 is 1.19 bits per heavy atom. The molecule has 2 N–H and O–H groups in total. The summed E-state index contributed by atoms with van der Waals surface area (Å²) in [6.07, 6.45) is 0. The Balaban J connectivity index is 2.13. The van der Waals surface area contributed by atoms with E-state index in [1.54, 1.807) is 53.2 Å². The van der Waals surface area contributed by atoms with Crippen LogP contribution in [-0.4, -0.2) is 38.6 Å². The average Bonchev–Trinajstić information content (AvgIpc) is 3.14. The summed E-state index contributed by atoms with van der Waals surface area (Å²) in [7, 11) is -3.67. The molecule has 7 nitrogen and oxygen atoms in total. The van der Waals surface area contributed by atoms with E-state index in [2.05, 4.69) is 10.6 Å². The lowest BCUT2D eigenvalue weighted by Gasteiger charge is -2.17. The second-order valence-electron chi connectivity index (χ2n) is 5.45. The van der Waals surface area contributed by atoms with Crippen LogP contribution in [0.4, 0.5) is 0 Å². The predicted octanol–water partition coefficient (Wildman–Crippen LogP) is 1.10. The maximum atomic E-state index is 12.5. The maximum Gasteiger partial charge on any atom is 0.252 e. The number of hydrogen-bond donors (Lipinski definition) is 2. The molecule has 26 heavy (non-hydrogen) atoms. The lowest BCUT2D eigenvalue weighted by Crippen LogP contribution is -2.50. The highest BCUT2D eigenvalue weighted by molar-refractivity contribution is 7.90. The number of rotatable bonds is 8. The second kappa shape index (κ2) is 9.12. The van der Waals surface area contributed by atoms with Gasteiger partial charge in [-0.05, 0) is 17.0 Å². The summed E-state index contributed by atoms with van der Waals surface area (Å²) < 4.78 is 24.9. The van der Waals surface area contributed by atoms with Gasteiger partial charge in [0.15, 0.2) is 9.84 Å². The van der Waals surface area contributed by atoms with Crippen LogP contribution in [0.3, 0.4) is 0 Å². The van der Waals surface area contributed by atoms with E-state index in [9.17, 15) is 18.0 Å². The van der Waals surface area contributed by atoms with Crippen molar-refractivity contribution in [2.24, 2.45) is 0 Å². The zero-order chi connectivity index (χ0) is 19.0. The third-order valence-electron chi connectivity index (χ3n) is 3.40. The molecule has 0 spiro atoms. The smallest absolute Gasteiger partial charge is 0.252 e. The van der Waals surface area contributed by atoms with Gasteiger partial charge in [-0.15, -0.1) is 0 Å². The highest BCUT2D eigenvalue weighted by atomic mass is 32.2. The van der Waals surface area contributed by atoms with E-state index in [0.29, 0.717) is 11.1 Å². The fraction of sp³-hybridized carbons (Fsp3) is 0.235. The topological polar surface area (TPSA) is 116 Å². The fourth-order valence-corrected chi connectivity index (χ4v) is 4.41. The molecule has 0 radical (unpaired) electrons. The van der Waals surface area contributed by atoms with Gasteiger partial charge < -0.3 is 10.6 Å². The van der Waals surface area contributed by atoms with Crippen molar-refractivity contribution in [1.29, 1.82) is 5.26 Å². The molecule has 2 amide bonds. The van der Waals surface area contributed by atoms with E-state index in [0.717, 1.165) is 0 Å². The van der Waals surface area contributed by atoms with Crippen LogP contribution in [0.5, 0.6) is 0 Å². The number of carbonyl (C=O) groups excluding carboxylic acids is 2. The third-order valence-corrected chi connectivity index (χ3v) is 5.69. The van der Waals surface area contributed by atoms with Crippen molar-refractivity contribution in [3.63, 3.8) is 0 Å². The highest BCUT2D eigenvalue weighted by Gasteiger charge is 2.27. The molecule has 1 aromatic heterocycles. The molecular formula is C17H17N3O4S2. The van der Waals surface area contributed by atoms with Crippen molar-refractivity contribution < 1.29 is 18.0 Å². The first-order valence-electron chi connectivity index (χ1n) is 7.63. The summed E-state index contributed by atoms with van der Waals surface area (Å²) in [5, 5.41) is 16.6. The molecule has 2 aromatic rings.